The van der Waals surface area contributed by atoms with Crippen LogP contribution in [0.1, 0.15) is 67.1 Å². The van der Waals surface area contributed by atoms with Gasteiger partial charge in [-0.3, -0.25) is 4.90 Å². The summed E-state index contributed by atoms with van der Waals surface area (Å²) < 4.78 is 13.8. The molecule has 154 valence electrons. The molecule has 2 aliphatic rings. The van der Waals surface area contributed by atoms with Crippen LogP contribution in [-0.4, -0.2) is 44.4 Å². The van der Waals surface area contributed by atoms with Gasteiger partial charge in [-0.05, 0) is 59.7 Å². The Bertz CT molecular complexity index is 867. The van der Waals surface area contributed by atoms with Crippen LogP contribution in [0.5, 0.6) is 0 Å². The van der Waals surface area contributed by atoms with Crippen LogP contribution in [0.3, 0.4) is 0 Å². The number of ether oxygens (including phenoxy) is 1. The summed E-state index contributed by atoms with van der Waals surface area (Å²) >= 11 is 1.76. The summed E-state index contributed by atoms with van der Waals surface area (Å²) in [5.41, 5.74) is 0. The molecule has 0 amide bonds. The highest BCUT2D eigenvalue weighted by atomic mass is 32.1. The van der Waals surface area contributed by atoms with Crippen LogP contribution in [-0.2, 0) is 11.3 Å². The van der Waals surface area contributed by atoms with E-state index in [9.17, 15) is 0 Å². The zero-order valence-electron chi connectivity index (χ0n) is 16.5. The van der Waals surface area contributed by atoms with Gasteiger partial charge in [-0.2, -0.15) is 0 Å². The topological polar surface area (TPSA) is 69.2 Å². The first-order valence-corrected chi connectivity index (χ1v) is 11.5. The molecule has 5 rings (SSSR count). The average molecular weight is 414 g/mol. The number of tetrazole rings is 1. The molecule has 1 aliphatic carbocycles. The molecule has 2 atom stereocenters. The lowest BCUT2D eigenvalue weighted by molar-refractivity contribution is 0.0549. The fraction of sp³-hybridized carbons (Fsp3) is 0.571. The second-order valence-corrected chi connectivity index (χ2v) is 8.96. The van der Waals surface area contributed by atoms with Gasteiger partial charge in [0.25, 0.3) is 0 Å². The van der Waals surface area contributed by atoms with Gasteiger partial charge in [-0.25, -0.2) is 4.68 Å². The Balaban J connectivity index is 1.51. The molecular formula is C21H27N5O2S. The van der Waals surface area contributed by atoms with E-state index in [2.05, 4.69) is 42.6 Å². The minimum Gasteiger partial charge on any atom is -0.468 e. The maximum atomic E-state index is 5.99. The van der Waals surface area contributed by atoms with Crippen molar-refractivity contribution in [3.05, 3.63) is 52.4 Å². The van der Waals surface area contributed by atoms with Gasteiger partial charge in [-0.1, -0.05) is 18.9 Å². The minimum absolute atomic E-state index is 0.0140. The van der Waals surface area contributed by atoms with Crippen LogP contribution in [0, 0.1) is 0 Å². The molecule has 0 spiro atoms. The summed E-state index contributed by atoms with van der Waals surface area (Å²) in [6, 6.07) is 8.66. The fourth-order valence-electron chi connectivity index (χ4n) is 4.62. The molecule has 0 unspecified atom stereocenters. The molecule has 1 aliphatic heterocycles. The molecule has 0 bridgehead atoms. The number of hydrogen-bond donors (Lipinski definition) is 0. The van der Waals surface area contributed by atoms with Crippen LogP contribution < -0.4 is 0 Å². The van der Waals surface area contributed by atoms with Gasteiger partial charge >= 0.3 is 0 Å². The summed E-state index contributed by atoms with van der Waals surface area (Å²) in [6.45, 7) is 2.39. The van der Waals surface area contributed by atoms with Crippen LogP contribution >= 0.6 is 11.3 Å². The highest BCUT2D eigenvalue weighted by Crippen LogP contribution is 2.36. The van der Waals surface area contributed by atoms with Crippen LogP contribution in [0.15, 0.2) is 40.3 Å². The van der Waals surface area contributed by atoms with Crippen molar-refractivity contribution in [2.24, 2.45) is 0 Å². The smallest absolute Gasteiger partial charge is 0.174 e. The normalized spacial score (nSPS) is 21.3. The van der Waals surface area contributed by atoms with Gasteiger partial charge in [0, 0.05) is 18.0 Å². The van der Waals surface area contributed by atoms with Crippen molar-refractivity contribution in [3.8, 4) is 0 Å². The van der Waals surface area contributed by atoms with E-state index in [1.165, 1.54) is 17.7 Å². The van der Waals surface area contributed by atoms with E-state index in [1.807, 2.05) is 12.1 Å². The first-order valence-electron chi connectivity index (χ1n) is 10.6. The SMILES string of the molecule is c1coc(CN(C[C@@H]2CCCO2)[C@H](c2cccs2)c2nnnn2C2CCCC2)c1. The van der Waals surface area contributed by atoms with Crippen molar-refractivity contribution >= 4 is 11.3 Å². The standard InChI is InChI=1S/C21H27N5O2S/c1-2-7-16(6-1)26-21(22-23-24-26)20(19-10-5-13-29-19)25(14-17-8-3-11-27-17)15-18-9-4-12-28-18/h3,5,8,10-11,13,16,18,20H,1-2,4,6-7,9,12,14-15H2/t18-,20+/m0/s1. The third-order valence-corrected chi connectivity index (χ3v) is 6.94. The van der Waals surface area contributed by atoms with E-state index < -0.39 is 0 Å². The first-order chi connectivity index (χ1) is 14.4. The predicted octanol–water partition coefficient (Wildman–Crippen LogP) is 4.21. The number of rotatable bonds is 8. The predicted molar refractivity (Wildman–Crippen MR) is 110 cm³/mol. The number of aromatic nitrogens is 4. The lowest BCUT2D eigenvalue weighted by Crippen LogP contribution is -2.37. The Morgan fingerprint density at radius 3 is 2.83 bits per heavy atom. The lowest BCUT2D eigenvalue weighted by atomic mass is 10.1. The van der Waals surface area contributed by atoms with Crippen molar-refractivity contribution in [2.75, 3.05) is 13.2 Å². The van der Waals surface area contributed by atoms with Crippen molar-refractivity contribution in [2.45, 2.75) is 63.3 Å². The summed E-state index contributed by atoms with van der Waals surface area (Å²) in [4.78, 5) is 3.68. The monoisotopic (exact) mass is 413 g/mol. The van der Waals surface area contributed by atoms with Crippen molar-refractivity contribution in [3.63, 3.8) is 0 Å². The van der Waals surface area contributed by atoms with E-state index in [0.29, 0.717) is 12.6 Å². The Kier molecular flexibility index (Phi) is 5.73. The van der Waals surface area contributed by atoms with Crippen molar-refractivity contribution in [1.82, 2.24) is 25.1 Å². The number of nitrogens with zero attached hydrogens (tertiary/aromatic N) is 5. The van der Waals surface area contributed by atoms with Gasteiger partial charge in [0.05, 0.1) is 25.0 Å². The second-order valence-electron chi connectivity index (χ2n) is 7.98. The molecule has 2 fully saturated rings. The molecule has 4 heterocycles. The van der Waals surface area contributed by atoms with Gasteiger partial charge in [-0.15, -0.1) is 16.4 Å². The minimum atomic E-state index is -0.0140. The number of furan rings is 1. The Morgan fingerprint density at radius 1 is 1.17 bits per heavy atom. The van der Waals surface area contributed by atoms with Crippen LogP contribution in [0.4, 0.5) is 0 Å². The van der Waals surface area contributed by atoms with Gasteiger partial charge < -0.3 is 9.15 Å². The maximum Gasteiger partial charge on any atom is 0.174 e. The molecule has 1 saturated carbocycles. The largest absolute Gasteiger partial charge is 0.468 e. The van der Waals surface area contributed by atoms with E-state index in [0.717, 1.165) is 50.4 Å². The van der Waals surface area contributed by atoms with Crippen molar-refractivity contribution in [1.29, 1.82) is 0 Å². The third-order valence-electron chi connectivity index (χ3n) is 6.01. The molecule has 8 heteroatoms. The Morgan fingerprint density at radius 2 is 2.10 bits per heavy atom. The van der Waals surface area contributed by atoms with Crippen molar-refractivity contribution < 1.29 is 9.15 Å². The van der Waals surface area contributed by atoms with Gasteiger partial charge in [0.15, 0.2) is 5.82 Å². The summed E-state index contributed by atoms with van der Waals surface area (Å²) in [5, 5.41) is 15.2. The van der Waals surface area contributed by atoms with E-state index in [4.69, 9.17) is 9.15 Å². The molecule has 0 aromatic carbocycles. The molecule has 1 saturated heterocycles. The Labute approximate surface area is 174 Å². The second kappa shape index (κ2) is 8.77. The van der Waals surface area contributed by atoms with Gasteiger partial charge in [0.1, 0.15) is 11.8 Å². The summed E-state index contributed by atoms with van der Waals surface area (Å²) in [7, 11) is 0. The van der Waals surface area contributed by atoms with E-state index in [1.54, 1.807) is 17.6 Å². The van der Waals surface area contributed by atoms with Crippen LogP contribution in [0.25, 0.3) is 0 Å². The third kappa shape index (κ3) is 4.15. The Hall–Kier alpha value is -2.03. The van der Waals surface area contributed by atoms with Gasteiger partial charge in [0.2, 0.25) is 0 Å². The molecular weight excluding hydrogens is 386 g/mol. The van der Waals surface area contributed by atoms with Crippen LogP contribution in [0.2, 0.25) is 0 Å². The van der Waals surface area contributed by atoms with E-state index in [-0.39, 0.29) is 12.1 Å². The zero-order valence-corrected chi connectivity index (χ0v) is 17.3. The molecule has 0 radical (unpaired) electrons. The molecule has 3 aromatic rings. The molecule has 0 N–H and O–H groups in total. The quantitative estimate of drug-likeness (QED) is 0.551. The average Bonchev–Trinajstić information content (AvgIpc) is 3.55. The molecule has 29 heavy (non-hydrogen) atoms. The zero-order chi connectivity index (χ0) is 19.5. The maximum absolute atomic E-state index is 5.99. The summed E-state index contributed by atoms with van der Waals surface area (Å²) in [5.74, 6) is 1.88. The van der Waals surface area contributed by atoms with E-state index >= 15 is 0 Å². The summed E-state index contributed by atoms with van der Waals surface area (Å²) in [6.07, 6.45) is 9.00. The highest BCUT2D eigenvalue weighted by Gasteiger charge is 2.34. The highest BCUT2D eigenvalue weighted by molar-refractivity contribution is 7.10. The lowest BCUT2D eigenvalue weighted by Gasteiger charge is -2.32. The first kappa shape index (κ1) is 19.0. The number of hydrogen-bond acceptors (Lipinski definition) is 7. The molecule has 3 aromatic heterocycles. The fourth-order valence-corrected chi connectivity index (χ4v) is 5.48. The molecule has 7 nitrogen and oxygen atoms in total. The number of thiophene rings is 1.